The van der Waals surface area contributed by atoms with Crippen molar-refractivity contribution in [1.82, 2.24) is 15.4 Å². The van der Waals surface area contributed by atoms with Crippen LogP contribution < -0.4 is 15.4 Å². The predicted octanol–water partition coefficient (Wildman–Crippen LogP) is 1.04. The molecule has 0 bridgehead atoms. The standard InChI is InChI=1S/C12H26N4O2S.HI/c1-3-13-12(16-11-7-4-5-8-11)14-9-6-10-15-19(2,17)18;/h11,15H,3-10H2,1-2H3,(H2,13,14,16);1H. The van der Waals surface area contributed by atoms with E-state index in [4.69, 9.17) is 0 Å². The Hall–Kier alpha value is -0.0900. The molecule has 0 atom stereocenters. The summed E-state index contributed by atoms with van der Waals surface area (Å²) < 4.78 is 24.2. The number of guanidine groups is 1. The smallest absolute Gasteiger partial charge is 0.208 e. The van der Waals surface area contributed by atoms with Crippen LogP contribution in [0, 0.1) is 0 Å². The molecular weight excluding hydrogens is 391 g/mol. The Morgan fingerprint density at radius 2 is 1.95 bits per heavy atom. The van der Waals surface area contributed by atoms with Gasteiger partial charge in [0.2, 0.25) is 10.0 Å². The van der Waals surface area contributed by atoms with Crippen LogP contribution in [0.25, 0.3) is 0 Å². The topological polar surface area (TPSA) is 82.6 Å². The van der Waals surface area contributed by atoms with Gasteiger partial charge in [-0.25, -0.2) is 13.1 Å². The predicted molar refractivity (Wildman–Crippen MR) is 94.2 cm³/mol. The highest BCUT2D eigenvalue weighted by atomic mass is 127. The highest BCUT2D eigenvalue weighted by molar-refractivity contribution is 14.0. The monoisotopic (exact) mass is 418 g/mol. The quantitative estimate of drug-likeness (QED) is 0.250. The lowest BCUT2D eigenvalue weighted by Crippen LogP contribution is -2.42. The minimum Gasteiger partial charge on any atom is -0.357 e. The molecule has 3 N–H and O–H groups in total. The molecule has 6 nitrogen and oxygen atoms in total. The van der Waals surface area contributed by atoms with Crippen molar-refractivity contribution in [2.24, 2.45) is 4.99 Å². The van der Waals surface area contributed by atoms with Gasteiger partial charge in [-0.1, -0.05) is 12.8 Å². The van der Waals surface area contributed by atoms with E-state index >= 15 is 0 Å². The van der Waals surface area contributed by atoms with Gasteiger partial charge in [0.25, 0.3) is 0 Å². The van der Waals surface area contributed by atoms with Gasteiger partial charge in [0.05, 0.1) is 6.26 Å². The summed E-state index contributed by atoms with van der Waals surface area (Å²) in [7, 11) is -3.08. The van der Waals surface area contributed by atoms with Crippen molar-refractivity contribution in [2.75, 3.05) is 25.9 Å². The van der Waals surface area contributed by atoms with Gasteiger partial charge in [-0.3, -0.25) is 4.99 Å². The fourth-order valence-corrected chi connectivity index (χ4v) is 2.63. The number of hydrogen-bond acceptors (Lipinski definition) is 3. The molecule has 1 aliphatic carbocycles. The molecule has 1 fully saturated rings. The van der Waals surface area contributed by atoms with Crippen LogP contribution in [0.4, 0.5) is 0 Å². The maximum atomic E-state index is 10.9. The van der Waals surface area contributed by atoms with Gasteiger partial charge in [-0.2, -0.15) is 0 Å². The van der Waals surface area contributed by atoms with Gasteiger partial charge >= 0.3 is 0 Å². The van der Waals surface area contributed by atoms with E-state index in [-0.39, 0.29) is 24.0 Å². The van der Waals surface area contributed by atoms with Crippen molar-refractivity contribution in [1.29, 1.82) is 0 Å². The van der Waals surface area contributed by atoms with Crippen LogP contribution in [-0.4, -0.2) is 46.3 Å². The lowest BCUT2D eigenvalue weighted by Gasteiger charge is -2.16. The first kappa shape index (κ1) is 19.9. The first-order chi connectivity index (χ1) is 9.01. The first-order valence-electron chi connectivity index (χ1n) is 7.00. The van der Waals surface area contributed by atoms with Gasteiger partial charge in [0.15, 0.2) is 5.96 Å². The van der Waals surface area contributed by atoms with Crippen LogP contribution >= 0.6 is 24.0 Å². The minimum atomic E-state index is -3.08. The summed E-state index contributed by atoms with van der Waals surface area (Å²) in [4.78, 5) is 4.46. The average molecular weight is 418 g/mol. The van der Waals surface area contributed by atoms with Gasteiger partial charge in [-0.05, 0) is 26.2 Å². The van der Waals surface area contributed by atoms with E-state index in [1.54, 1.807) is 0 Å². The molecule has 0 unspecified atom stereocenters. The highest BCUT2D eigenvalue weighted by Gasteiger charge is 2.15. The molecule has 0 spiro atoms. The summed E-state index contributed by atoms with van der Waals surface area (Å²) in [6.45, 7) is 3.92. The van der Waals surface area contributed by atoms with Crippen LogP contribution in [0.15, 0.2) is 4.99 Å². The van der Waals surface area contributed by atoms with Crippen molar-refractivity contribution >= 4 is 40.0 Å². The average Bonchev–Trinajstić information content (AvgIpc) is 2.80. The van der Waals surface area contributed by atoms with Crippen LogP contribution in [-0.2, 0) is 10.0 Å². The van der Waals surface area contributed by atoms with Gasteiger partial charge in [0.1, 0.15) is 0 Å². The van der Waals surface area contributed by atoms with Crippen molar-refractivity contribution in [3.8, 4) is 0 Å². The van der Waals surface area contributed by atoms with E-state index in [1.165, 1.54) is 31.9 Å². The van der Waals surface area contributed by atoms with Crippen molar-refractivity contribution in [3.63, 3.8) is 0 Å². The summed E-state index contributed by atoms with van der Waals surface area (Å²) in [5.41, 5.74) is 0. The second kappa shape index (κ2) is 10.6. The lowest BCUT2D eigenvalue weighted by atomic mass is 10.2. The summed E-state index contributed by atoms with van der Waals surface area (Å²) >= 11 is 0. The molecule has 0 radical (unpaired) electrons. The van der Waals surface area contributed by atoms with E-state index < -0.39 is 10.0 Å². The molecule has 1 saturated carbocycles. The Kier molecular flexibility index (Phi) is 10.6. The molecule has 0 amide bonds. The summed E-state index contributed by atoms with van der Waals surface area (Å²) in [6, 6.07) is 0.534. The minimum absolute atomic E-state index is 0. The van der Waals surface area contributed by atoms with Gasteiger partial charge < -0.3 is 10.6 Å². The van der Waals surface area contributed by atoms with Crippen molar-refractivity contribution in [2.45, 2.75) is 45.1 Å². The normalized spacial score (nSPS) is 16.8. The number of sulfonamides is 1. The molecule has 0 saturated heterocycles. The Morgan fingerprint density at radius 1 is 1.30 bits per heavy atom. The molecule has 8 heteroatoms. The molecule has 1 rings (SSSR count). The van der Waals surface area contributed by atoms with E-state index in [0.717, 1.165) is 12.5 Å². The first-order valence-corrected chi connectivity index (χ1v) is 8.90. The number of nitrogens with one attached hydrogen (secondary N) is 3. The van der Waals surface area contributed by atoms with Gasteiger partial charge in [-0.15, -0.1) is 24.0 Å². The molecule has 0 aromatic carbocycles. The molecule has 0 aromatic heterocycles. The molecule has 1 aliphatic rings. The third-order valence-corrected chi connectivity index (χ3v) is 3.74. The summed E-state index contributed by atoms with van der Waals surface area (Å²) in [5.74, 6) is 0.841. The lowest BCUT2D eigenvalue weighted by molar-refractivity contribution is 0.585. The zero-order chi connectivity index (χ0) is 14.1. The van der Waals surface area contributed by atoms with Crippen molar-refractivity contribution in [3.05, 3.63) is 0 Å². The van der Waals surface area contributed by atoms with E-state index in [9.17, 15) is 8.42 Å². The molecule has 0 aromatic rings. The molecule has 0 aliphatic heterocycles. The fourth-order valence-electron chi connectivity index (χ4n) is 2.11. The fraction of sp³-hybridized carbons (Fsp3) is 0.917. The second-order valence-corrected chi connectivity index (χ2v) is 6.74. The SMILES string of the molecule is CCNC(=NCCCNS(C)(=O)=O)NC1CCCC1.I. The summed E-state index contributed by atoms with van der Waals surface area (Å²) in [5, 5.41) is 6.64. The third kappa shape index (κ3) is 9.76. The molecule has 20 heavy (non-hydrogen) atoms. The van der Waals surface area contributed by atoms with E-state index in [2.05, 4.69) is 20.3 Å². The second-order valence-electron chi connectivity index (χ2n) is 4.91. The zero-order valence-electron chi connectivity index (χ0n) is 12.3. The third-order valence-electron chi connectivity index (χ3n) is 3.01. The maximum absolute atomic E-state index is 10.9. The zero-order valence-corrected chi connectivity index (χ0v) is 15.5. The molecular formula is C12H27IN4O2S. The Balaban J connectivity index is 0.00000361. The van der Waals surface area contributed by atoms with Crippen LogP contribution in [0.1, 0.15) is 39.0 Å². The number of hydrogen-bond donors (Lipinski definition) is 3. The van der Waals surface area contributed by atoms with Crippen LogP contribution in [0.5, 0.6) is 0 Å². The van der Waals surface area contributed by atoms with E-state index in [0.29, 0.717) is 25.6 Å². The number of nitrogens with zero attached hydrogens (tertiary/aromatic N) is 1. The Morgan fingerprint density at radius 3 is 2.50 bits per heavy atom. The molecule has 0 heterocycles. The van der Waals surface area contributed by atoms with Crippen LogP contribution in [0.3, 0.4) is 0 Å². The van der Waals surface area contributed by atoms with Crippen molar-refractivity contribution < 1.29 is 8.42 Å². The van der Waals surface area contributed by atoms with Gasteiger partial charge in [0, 0.05) is 25.7 Å². The molecule has 120 valence electrons. The Bertz CT molecular complexity index is 381. The van der Waals surface area contributed by atoms with Crippen LogP contribution in [0.2, 0.25) is 0 Å². The maximum Gasteiger partial charge on any atom is 0.208 e. The van der Waals surface area contributed by atoms with E-state index in [1.807, 2.05) is 6.92 Å². The summed E-state index contributed by atoms with van der Waals surface area (Å²) in [6.07, 6.45) is 6.86. The number of rotatable bonds is 7. The number of halogens is 1. The Labute approximate surface area is 139 Å². The number of aliphatic imine (C=N–C) groups is 1. The highest BCUT2D eigenvalue weighted by Crippen LogP contribution is 2.17. The largest absolute Gasteiger partial charge is 0.357 e.